The average molecular weight is 445 g/mol. The number of benzene rings is 3. The van der Waals surface area contributed by atoms with Gasteiger partial charge in [-0.2, -0.15) is 0 Å². The lowest BCUT2D eigenvalue weighted by atomic mass is 10.1. The number of amides is 1. The lowest BCUT2D eigenvalue weighted by Gasteiger charge is -2.11. The van der Waals surface area contributed by atoms with E-state index in [4.69, 9.17) is 9.97 Å². The Morgan fingerprint density at radius 1 is 1.00 bits per heavy atom. The monoisotopic (exact) mass is 444 g/mol. The van der Waals surface area contributed by atoms with Crippen molar-refractivity contribution in [1.82, 2.24) is 9.97 Å². The summed E-state index contributed by atoms with van der Waals surface area (Å²) in [6.07, 6.45) is 0. The van der Waals surface area contributed by atoms with Crippen LogP contribution in [0.25, 0.3) is 22.3 Å². The second-order valence-electron chi connectivity index (χ2n) is 7.28. The highest BCUT2D eigenvalue weighted by Crippen LogP contribution is 2.30. The zero-order chi connectivity index (χ0) is 22.7. The molecule has 160 valence electrons. The highest BCUT2D eigenvalue weighted by Gasteiger charge is 2.15. The molecule has 0 saturated heterocycles. The van der Waals surface area contributed by atoms with Crippen molar-refractivity contribution in [2.75, 3.05) is 11.1 Å². The molecule has 0 radical (unpaired) electrons. The zero-order valence-corrected chi connectivity index (χ0v) is 18.3. The molecule has 1 aromatic heterocycles. The molecule has 0 saturated carbocycles. The molecule has 1 heterocycles. The van der Waals surface area contributed by atoms with Crippen LogP contribution in [-0.4, -0.2) is 26.6 Å². The fourth-order valence-corrected chi connectivity index (χ4v) is 4.12. The van der Waals surface area contributed by atoms with E-state index < -0.39 is 4.92 Å². The number of nitro groups is 1. The number of hydrogen-bond donors (Lipinski definition) is 1. The normalized spacial score (nSPS) is 10.8. The molecule has 0 aliphatic rings. The van der Waals surface area contributed by atoms with E-state index in [9.17, 15) is 14.9 Å². The molecule has 32 heavy (non-hydrogen) atoms. The van der Waals surface area contributed by atoms with Gasteiger partial charge in [0, 0.05) is 28.3 Å². The van der Waals surface area contributed by atoms with E-state index in [2.05, 4.69) is 5.32 Å². The van der Waals surface area contributed by atoms with Gasteiger partial charge in [0.15, 0.2) is 5.82 Å². The lowest BCUT2D eigenvalue weighted by Crippen LogP contribution is -2.14. The van der Waals surface area contributed by atoms with Gasteiger partial charge in [-0.05, 0) is 25.5 Å². The summed E-state index contributed by atoms with van der Waals surface area (Å²) in [4.78, 5) is 32.7. The smallest absolute Gasteiger partial charge is 0.274 e. The van der Waals surface area contributed by atoms with Gasteiger partial charge in [-0.15, -0.1) is 0 Å². The topological polar surface area (TPSA) is 98.0 Å². The van der Waals surface area contributed by atoms with Gasteiger partial charge in [0.05, 0.1) is 16.2 Å². The first-order chi connectivity index (χ1) is 15.4. The number of nitrogens with one attached hydrogen (secondary N) is 1. The maximum absolute atomic E-state index is 12.6. The maximum Gasteiger partial charge on any atom is 0.274 e. The van der Waals surface area contributed by atoms with Crippen molar-refractivity contribution in [2.45, 2.75) is 18.9 Å². The highest BCUT2D eigenvalue weighted by molar-refractivity contribution is 8.00. The van der Waals surface area contributed by atoms with Crippen molar-refractivity contribution in [1.29, 1.82) is 0 Å². The largest absolute Gasteiger partial charge is 0.325 e. The molecule has 0 aliphatic heterocycles. The molecule has 0 fully saturated rings. The summed E-state index contributed by atoms with van der Waals surface area (Å²) in [6.45, 7) is 3.65. The molecule has 1 N–H and O–H groups in total. The van der Waals surface area contributed by atoms with E-state index in [0.29, 0.717) is 22.1 Å². The summed E-state index contributed by atoms with van der Waals surface area (Å²) in [5, 5.41) is 15.5. The highest BCUT2D eigenvalue weighted by atomic mass is 32.2. The Bertz CT molecular complexity index is 1330. The van der Waals surface area contributed by atoms with Crippen LogP contribution in [0, 0.1) is 24.0 Å². The summed E-state index contributed by atoms with van der Waals surface area (Å²) >= 11 is 1.31. The summed E-state index contributed by atoms with van der Waals surface area (Å²) in [5.41, 5.74) is 3.68. The molecule has 0 aliphatic carbocycles. The minimum Gasteiger partial charge on any atom is -0.325 e. The van der Waals surface area contributed by atoms with E-state index in [-0.39, 0.29) is 17.3 Å². The van der Waals surface area contributed by atoms with Gasteiger partial charge < -0.3 is 5.32 Å². The number of para-hydroxylation sites is 1. The Morgan fingerprint density at radius 3 is 2.53 bits per heavy atom. The van der Waals surface area contributed by atoms with E-state index in [0.717, 1.165) is 22.0 Å². The number of hydrogen-bond acceptors (Lipinski definition) is 6. The van der Waals surface area contributed by atoms with Crippen LogP contribution in [0.2, 0.25) is 0 Å². The first kappa shape index (κ1) is 21.5. The standard InChI is InChI=1S/C24H20N4O3S/c1-15-11-12-18(13-20(15)28(30)31)25-21(29)14-32-24-19-10-6-7-16(2)22(19)26-23(27-24)17-8-4-3-5-9-17/h3-13H,14H2,1-2H3,(H,25,29). The quantitative estimate of drug-likeness (QED) is 0.181. The van der Waals surface area contributed by atoms with Crippen molar-refractivity contribution in [3.63, 3.8) is 0 Å². The summed E-state index contributed by atoms with van der Waals surface area (Å²) in [5.74, 6) is 0.439. The van der Waals surface area contributed by atoms with Crippen molar-refractivity contribution < 1.29 is 9.72 Å². The first-order valence-corrected chi connectivity index (χ1v) is 10.9. The number of anilines is 1. The number of rotatable bonds is 6. The van der Waals surface area contributed by atoms with Gasteiger partial charge in [0.1, 0.15) is 5.03 Å². The Balaban J connectivity index is 1.59. The van der Waals surface area contributed by atoms with Crippen LogP contribution in [0.3, 0.4) is 0 Å². The number of carbonyl (C=O) groups excluding carboxylic acids is 1. The third-order valence-electron chi connectivity index (χ3n) is 4.95. The minimum atomic E-state index is -0.458. The van der Waals surface area contributed by atoms with Gasteiger partial charge in [-0.25, -0.2) is 9.97 Å². The predicted molar refractivity (Wildman–Crippen MR) is 127 cm³/mol. The maximum atomic E-state index is 12.6. The van der Waals surface area contributed by atoms with Crippen molar-refractivity contribution in [2.24, 2.45) is 0 Å². The van der Waals surface area contributed by atoms with Gasteiger partial charge in [0.2, 0.25) is 5.91 Å². The number of nitro benzene ring substituents is 1. The molecule has 0 bridgehead atoms. The number of nitrogens with zero attached hydrogens (tertiary/aromatic N) is 3. The Labute approximate surface area is 189 Å². The van der Waals surface area contributed by atoms with Crippen molar-refractivity contribution in [3.8, 4) is 11.4 Å². The summed E-state index contributed by atoms with van der Waals surface area (Å²) in [7, 11) is 0. The molecular weight excluding hydrogens is 424 g/mol. The van der Waals surface area contributed by atoms with Crippen LogP contribution >= 0.6 is 11.8 Å². The fraction of sp³-hybridized carbons (Fsp3) is 0.125. The van der Waals surface area contributed by atoms with E-state index in [1.807, 2.05) is 55.5 Å². The number of thioether (sulfide) groups is 1. The van der Waals surface area contributed by atoms with Crippen LogP contribution in [0.15, 0.2) is 71.8 Å². The summed E-state index contributed by atoms with van der Waals surface area (Å²) < 4.78 is 0. The third-order valence-corrected chi connectivity index (χ3v) is 5.95. The second-order valence-corrected chi connectivity index (χ2v) is 8.25. The predicted octanol–water partition coefficient (Wildman–Crippen LogP) is 5.55. The lowest BCUT2D eigenvalue weighted by molar-refractivity contribution is -0.385. The van der Waals surface area contributed by atoms with Crippen LogP contribution < -0.4 is 5.32 Å². The molecule has 4 rings (SSSR count). The summed E-state index contributed by atoms with van der Waals surface area (Å²) in [6, 6.07) is 20.2. The molecule has 4 aromatic rings. The molecule has 0 spiro atoms. The molecule has 3 aromatic carbocycles. The molecule has 0 atom stereocenters. The average Bonchev–Trinajstić information content (AvgIpc) is 2.79. The molecule has 8 heteroatoms. The number of carbonyl (C=O) groups is 1. The molecule has 7 nitrogen and oxygen atoms in total. The third kappa shape index (κ3) is 4.60. The SMILES string of the molecule is Cc1ccc(NC(=O)CSc2nc(-c3ccccc3)nc3c(C)cccc23)cc1[N+](=O)[O-]. The number of aryl methyl sites for hydroxylation is 2. The number of aromatic nitrogens is 2. The van der Waals surface area contributed by atoms with Gasteiger partial charge in [-0.1, -0.05) is 66.4 Å². The minimum absolute atomic E-state index is 0.0276. The van der Waals surface area contributed by atoms with E-state index >= 15 is 0 Å². The Morgan fingerprint density at radius 2 is 1.78 bits per heavy atom. The van der Waals surface area contributed by atoms with Gasteiger partial charge in [0.25, 0.3) is 5.69 Å². The molecule has 0 unspecified atom stereocenters. The molecular formula is C24H20N4O3S. The van der Waals surface area contributed by atoms with Crippen LogP contribution in [0.1, 0.15) is 11.1 Å². The Kier molecular flexibility index (Phi) is 6.13. The Hall–Kier alpha value is -3.78. The van der Waals surface area contributed by atoms with Crippen molar-refractivity contribution in [3.05, 3.63) is 88.0 Å². The van der Waals surface area contributed by atoms with Gasteiger partial charge >= 0.3 is 0 Å². The van der Waals surface area contributed by atoms with E-state index in [1.165, 1.54) is 17.8 Å². The zero-order valence-electron chi connectivity index (χ0n) is 17.5. The second kappa shape index (κ2) is 9.15. The number of fused-ring (bicyclic) bond motifs is 1. The van der Waals surface area contributed by atoms with Crippen LogP contribution in [-0.2, 0) is 4.79 Å². The first-order valence-electron chi connectivity index (χ1n) is 9.93. The van der Waals surface area contributed by atoms with E-state index in [1.54, 1.807) is 19.1 Å². The fourth-order valence-electron chi connectivity index (χ4n) is 3.31. The van der Waals surface area contributed by atoms with Crippen LogP contribution in [0.4, 0.5) is 11.4 Å². The van der Waals surface area contributed by atoms with Gasteiger partial charge in [-0.3, -0.25) is 14.9 Å². The van der Waals surface area contributed by atoms with Crippen molar-refractivity contribution >= 4 is 39.9 Å². The van der Waals surface area contributed by atoms with Crippen LogP contribution in [0.5, 0.6) is 0 Å². The molecule has 1 amide bonds.